The first-order valence-corrected chi connectivity index (χ1v) is 10.7. The molecule has 1 N–H and O–H groups in total. The van der Waals surface area contributed by atoms with E-state index in [0.29, 0.717) is 32.4 Å². The van der Waals surface area contributed by atoms with Crippen molar-refractivity contribution in [2.75, 3.05) is 20.2 Å². The summed E-state index contributed by atoms with van der Waals surface area (Å²) in [7, 11) is 1.60. The van der Waals surface area contributed by atoms with Gasteiger partial charge in [0.05, 0.1) is 18.3 Å². The molecule has 6 nitrogen and oxygen atoms in total. The summed E-state index contributed by atoms with van der Waals surface area (Å²) in [5, 5.41) is 4.62. The van der Waals surface area contributed by atoms with Crippen molar-refractivity contribution in [3.8, 4) is 27.8 Å². The molecule has 9 heteroatoms. The van der Waals surface area contributed by atoms with Crippen LogP contribution in [0.25, 0.3) is 26.5 Å². The number of nitrogens with one attached hydrogen (secondary N) is 1. The molecular weight excluding hydrogens is 457 g/mol. The van der Waals surface area contributed by atoms with Gasteiger partial charge in [-0.1, -0.05) is 23.7 Å². The van der Waals surface area contributed by atoms with Gasteiger partial charge in [-0.15, -0.1) is 23.7 Å². The fraction of sp³-hybridized carbons (Fsp3) is 0.182. The van der Waals surface area contributed by atoms with Crippen LogP contribution in [-0.4, -0.2) is 35.9 Å². The number of nitrogens with zero attached hydrogens (tertiary/aromatic N) is 2. The van der Waals surface area contributed by atoms with Crippen LogP contribution in [0.3, 0.4) is 0 Å². The maximum absolute atomic E-state index is 13.2. The molecule has 4 aromatic rings. The molecule has 31 heavy (non-hydrogen) atoms. The van der Waals surface area contributed by atoms with Gasteiger partial charge in [0.2, 0.25) is 0 Å². The van der Waals surface area contributed by atoms with Crippen LogP contribution in [0.5, 0.6) is 11.5 Å². The summed E-state index contributed by atoms with van der Waals surface area (Å²) >= 11 is 7.35. The summed E-state index contributed by atoms with van der Waals surface area (Å²) < 4.78 is 13.6. The minimum absolute atomic E-state index is 0. The first kappa shape index (κ1) is 21.6. The molecule has 1 aliphatic heterocycles. The average molecular weight is 476 g/mol. The Morgan fingerprint density at radius 2 is 1.90 bits per heavy atom. The molecule has 3 heterocycles. The van der Waals surface area contributed by atoms with E-state index in [-0.39, 0.29) is 24.1 Å². The topological polar surface area (TPSA) is 65.4 Å². The van der Waals surface area contributed by atoms with E-state index in [1.54, 1.807) is 17.9 Å². The molecule has 1 aliphatic rings. The number of thiazole rings is 1. The van der Waals surface area contributed by atoms with Crippen molar-refractivity contribution >= 4 is 45.6 Å². The Bertz CT molecular complexity index is 1280. The van der Waals surface area contributed by atoms with Crippen molar-refractivity contribution in [3.05, 3.63) is 70.1 Å². The van der Waals surface area contributed by atoms with Gasteiger partial charge in [-0.25, -0.2) is 4.98 Å². The molecule has 1 fully saturated rings. The Morgan fingerprint density at radius 1 is 1.13 bits per heavy atom. The summed E-state index contributed by atoms with van der Waals surface area (Å²) in [6.07, 6.45) is 1.88. The number of pyridine rings is 1. The predicted molar refractivity (Wildman–Crippen MR) is 127 cm³/mol. The summed E-state index contributed by atoms with van der Waals surface area (Å²) in [5.74, 6) is 1.27. The maximum atomic E-state index is 13.2. The van der Waals surface area contributed by atoms with Crippen molar-refractivity contribution < 1.29 is 9.47 Å². The molecule has 0 atom stereocenters. The number of rotatable bonds is 5. The molecule has 0 aliphatic carbocycles. The zero-order valence-electron chi connectivity index (χ0n) is 16.5. The smallest absolute Gasteiger partial charge is 0.274 e. The molecule has 1 saturated heterocycles. The van der Waals surface area contributed by atoms with E-state index in [0.717, 1.165) is 23.7 Å². The maximum Gasteiger partial charge on any atom is 0.274 e. The van der Waals surface area contributed by atoms with Crippen molar-refractivity contribution in [3.63, 3.8) is 0 Å². The van der Waals surface area contributed by atoms with Crippen LogP contribution in [0.15, 0.2) is 59.5 Å². The minimum atomic E-state index is -0.121. The van der Waals surface area contributed by atoms with Gasteiger partial charge in [0.15, 0.2) is 11.5 Å². The molecular formula is C22H19Cl2N3O3S. The highest BCUT2D eigenvalue weighted by Crippen LogP contribution is 2.32. The number of aromatic nitrogens is 2. The van der Waals surface area contributed by atoms with E-state index >= 15 is 0 Å². The van der Waals surface area contributed by atoms with Gasteiger partial charge >= 0.3 is 0 Å². The number of hydrogen-bond acceptors (Lipinski definition) is 6. The largest absolute Gasteiger partial charge is 0.493 e. The molecule has 0 spiro atoms. The van der Waals surface area contributed by atoms with E-state index in [1.165, 1.54) is 11.3 Å². The SMILES string of the molecule is COc1cc(-n2ccc3nc(-c4ccc(Cl)cc4)sc3c2=O)ccc1OC1CNC1.Cl. The van der Waals surface area contributed by atoms with Gasteiger partial charge in [-0.3, -0.25) is 9.36 Å². The molecule has 2 aromatic carbocycles. The van der Waals surface area contributed by atoms with Crippen LogP contribution in [0.4, 0.5) is 0 Å². The molecule has 0 amide bonds. The number of fused-ring (bicyclic) bond motifs is 1. The third-order valence-corrected chi connectivity index (χ3v) is 6.36. The fourth-order valence-electron chi connectivity index (χ4n) is 3.27. The minimum Gasteiger partial charge on any atom is -0.493 e. The van der Waals surface area contributed by atoms with Gasteiger partial charge in [0, 0.05) is 35.9 Å². The van der Waals surface area contributed by atoms with Crippen molar-refractivity contribution in [1.29, 1.82) is 0 Å². The molecule has 0 unspecified atom stereocenters. The Labute approximate surface area is 193 Å². The van der Waals surface area contributed by atoms with Crippen LogP contribution in [0.1, 0.15) is 0 Å². The average Bonchev–Trinajstić information content (AvgIpc) is 3.17. The van der Waals surface area contributed by atoms with Crippen LogP contribution in [-0.2, 0) is 0 Å². The second-order valence-electron chi connectivity index (χ2n) is 6.96. The standard InChI is InChI=1S/C22H18ClN3O3S.ClH/c1-28-19-10-15(6-7-18(19)29-16-11-24-12-16)26-9-8-17-20(22(26)27)30-21(25-17)13-2-4-14(23)5-3-13;/h2-10,16,24H,11-12H2,1H3;1H. The van der Waals surface area contributed by atoms with Crippen LogP contribution >= 0.6 is 35.3 Å². The highest BCUT2D eigenvalue weighted by Gasteiger charge is 2.20. The van der Waals surface area contributed by atoms with E-state index in [4.69, 9.17) is 21.1 Å². The van der Waals surface area contributed by atoms with Gasteiger partial charge in [0.1, 0.15) is 15.8 Å². The molecule has 160 valence electrons. The van der Waals surface area contributed by atoms with E-state index in [9.17, 15) is 4.79 Å². The number of methoxy groups -OCH3 is 1. The van der Waals surface area contributed by atoms with Crippen molar-refractivity contribution in [2.24, 2.45) is 0 Å². The Hall–Kier alpha value is -2.58. The summed E-state index contributed by atoms with van der Waals surface area (Å²) in [5.41, 5.74) is 2.19. The third kappa shape index (κ3) is 4.14. The zero-order valence-corrected chi connectivity index (χ0v) is 18.9. The van der Waals surface area contributed by atoms with Gasteiger partial charge < -0.3 is 14.8 Å². The number of hydrogen-bond donors (Lipinski definition) is 1. The number of benzene rings is 2. The first-order valence-electron chi connectivity index (χ1n) is 9.46. The number of ether oxygens (including phenoxy) is 2. The third-order valence-electron chi connectivity index (χ3n) is 5.00. The van der Waals surface area contributed by atoms with Crippen molar-refractivity contribution in [1.82, 2.24) is 14.9 Å². The zero-order chi connectivity index (χ0) is 20.7. The lowest BCUT2D eigenvalue weighted by atomic mass is 10.2. The summed E-state index contributed by atoms with van der Waals surface area (Å²) in [6.45, 7) is 1.64. The molecule has 0 saturated carbocycles. The summed E-state index contributed by atoms with van der Waals surface area (Å²) in [4.78, 5) is 17.8. The normalized spacial score (nSPS) is 13.5. The second kappa shape index (κ2) is 8.88. The molecule has 0 bridgehead atoms. The van der Waals surface area contributed by atoms with Gasteiger partial charge in [-0.2, -0.15) is 0 Å². The highest BCUT2D eigenvalue weighted by atomic mass is 35.5. The fourth-order valence-corrected chi connectivity index (χ4v) is 4.39. The lowest BCUT2D eigenvalue weighted by Crippen LogP contribution is -2.50. The molecule has 5 rings (SSSR count). The lowest BCUT2D eigenvalue weighted by molar-refractivity contribution is 0.137. The highest BCUT2D eigenvalue weighted by molar-refractivity contribution is 7.21. The van der Waals surface area contributed by atoms with Crippen molar-refractivity contribution in [2.45, 2.75) is 6.10 Å². The first-order chi connectivity index (χ1) is 14.6. The molecule has 0 radical (unpaired) electrons. The quantitative estimate of drug-likeness (QED) is 0.458. The molecule has 2 aromatic heterocycles. The Kier molecular flexibility index (Phi) is 6.20. The lowest BCUT2D eigenvalue weighted by Gasteiger charge is -2.28. The van der Waals surface area contributed by atoms with Crippen LogP contribution in [0.2, 0.25) is 5.02 Å². The van der Waals surface area contributed by atoms with Crippen LogP contribution in [0, 0.1) is 0 Å². The second-order valence-corrected chi connectivity index (χ2v) is 8.40. The number of halogens is 2. The van der Waals surface area contributed by atoms with Crippen LogP contribution < -0.4 is 20.3 Å². The predicted octanol–water partition coefficient (Wildman–Crippen LogP) is 4.55. The Balaban J connectivity index is 0.00000231. The monoisotopic (exact) mass is 475 g/mol. The van der Waals surface area contributed by atoms with Gasteiger partial charge in [0.25, 0.3) is 5.56 Å². The van der Waals surface area contributed by atoms with Gasteiger partial charge in [-0.05, 0) is 30.3 Å². The van der Waals surface area contributed by atoms with E-state index in [1.807, 2.05) is 48.5 Å². The summed E-state index contributed by atoms with van der Waals surface area (Å²) in [6, 6.07) is 14.8. The van der Waals surface area contributed by atoms with E-state index < -0.39 is 0 Å². The van der Waals surface area contributed by atoms with E-state index in [2.05, 4.69) is 10.3 Å². The Morgan fingerprint density at radius 3 is 2.58 bits per heavy atom.